The highest BCUT2D eigenvalue weighted by molar-refractivity contribution is 5.67. The number of piperidine rings is 1. The first-order valence-electron chi connectivity index (χ1n) is 4.69. The summed E-state index contributed by atoms with van der Waals surface area (Å²) in [4.78, 5) is 12.7. The molecule has 1 rings (SSSR count). The van der Waals surface area contributed by atoms with Gasteiger partial charge in [0.1, 0.15) is 0 Å². The average Bonchev–Trinajstić information content (AvgIpc) is 2.04. The van der Waals surface area contributed by atoms with Crippen LogP contribution in [0.25, 0.3) is 0 Å². The molecule has 1 fully saturated rings. The van der Waals surface area contributed by atoms with Gasteiger partial charge in [0.25, 0.3) is 0 Å². The number of nitrogens with zero attached hydrogens (tertiary/aromatic N) is 1. The SMILES string of the molecule is C.CC1CCN(C(=O)OC(C)F)CC1. The number of alkyl halides is 1. The van der Waals surface area contributed by atoms with Crippen LogP contribution in [0.5, 0.6) is 0 Å². The van der Waals surface area contributed by atoms with Crippen LogP contribution >= 0.6 is 0 Å². The summed E-state index contributed by atoms with van der Waals surface area (Å²) >= 11 is 0. The van der Waals surface area contributed by atoms with Crippen LogP contribution in [0.3, 0.4) is 0 Å². The quantitative estimate of drug-likeness (QED) is 0.658. The predicted molar refractivity (Wildman–Crippen MR) is 53.8 cm³/mol. The second-order valence-electron chi connectivity index (χ2n) is 3.60. The summed E-state index contributed by atoms with van der Waals surface area (Å²) in [7, 11) is 0. The Labute approximate surface area is 85.2 Å². The molecule has 1 atom stereocenters. The van der Waals surface area contributed by atoms with Crippen LogP contribution in [-0.4, -0.2) is 30.4 Å². The summed E-state index contributed by atoms with van der Waals surface area (Å²) in [5, 5.41) is 0. The second-order valence-corrected chi connectivity index (χ2v) is 3.60. The third-order valence-corrected chi connectivity index (χ3v) is 2.31. The van der Waals surface area contributed by atoms with Crippen molar-refractivity contribution in [1.29, 1.82) is 0 Å². The van der Waals surface area contributed by atoms with E-state index in [2.05, 4.69) is 11.7 Å². The van der Waals surface area contributed by atoms with Gasteiger partial charge in [0, 0.05) is 20.0 Å². The fraction of sp³-hybridized carbons (Fsp3) is 0.900. The molecule has 1 aliphatic heterocycles. The molecule has 14 heavy (non-hydrogen) atoms. The molecule has 1 saturated heterocycles. The van der Waals surface area contributed by atoms with Crippen LogP contribution in [0.1, 0.15) is 34.1 Å². The maximum absolute atomic E-state index is 12.3. The Morgan fingerprint density at radius 2 is 2.00 bits per heavy atom. The van der Waals surface area contributed by atoms with Gasteiger partial charge in [0.2, 0.25) is 6.36 Å². The molecule has 0 aromatic rings. The fourth-order valence-electron chi connectivity index (χ4n) is 1.40. The number of carbonyl (C=O) groups excluding carboxylic acids is 1. The van der Waals surface area contributed by atoms with Gasteiger partial charge < -0.3 is 9.64 Å². The van der Waals surface area contributed by atoms with Gasteiger partial charge in [-0.3, -0.25) is 0 Å². The first-order chi connectivity index (χ1) is 6.09. The van der Waals surface area contributed by atoms with Crippen molar-refractivity contribution < 1.29 is 13.9 Å². The molecule has 0 N–H and O–H groups in total. The van der Waals surface area contributed by atoms with Gasteiger partial charge in [-0.15, -0.1) is 0 Å². The van der Waals surface area contributed by atoms with Crippen LogP contribution in [0.2, 0.25) is 0 Å². The van der Waals surface area contributed by atoms with Crippen molar-refractivity contribution in [2.75, 3.05) is 13.1 Å². The summed E-state index contributed by atoms with van der Waals surface area (Å²) < 4.78 is 16.8. The Balaban J connectivity index is 0.00000169. The molecule has 0 bridgehead atoms. The molecule has 0 aromatic carbocycles. The number of amides is 1. The van der Waals surface area contributed by atoms with E-state index < -0.39 is 12.5 Å². The first-order valence-corrected chi connectivity index (χ1v) is 4.69. The number of likely N-dealkylation sites (tertiary alicyclic amines) is 1. The van der Waals surface area contributed by atoms with E-state index in [0.717, 1.165) is 12.8 Å². The van der Waals surface area contributed by atoms with Crippen molar-refractivity contribution in [3.8, 4) is 0 Å². The standard InChI is InChI=1S/C9H16FNO2.CH4/c1-7-3-5-11(6-4-7)9(12)13-8(2)10;/h7-8H,3-6H2,1-2H3;1H4. The number of rotatable bonds is 1. The normalized spacial score (nSPS) is 19.8. The van der Waals surface area contributed by atoms with Gasteiger partial charge >= 0.3 is 6.09 Å². The van der Waals surface area contributed by atoms with Crippen LogP contribution < -0.4 is 0 Å². The third-order valence-electron chi connectivity index (χ3n) is 2.31. The molecule has 1 amide bonds. The zero-order chi connectivity index (χ0) is 9.84. The summed E-state index contributed by atoms with van der Waals surface area (Å²) in [5.41, 5.74) is 0. The minimum absolute atomic E-state index is 0. The van der Waals surface area contributed by atoms with E-state index in [9.17, 15) is 9.18 Å². The van der Waals surface area contributed by atoms with Gasteiger partial charge in [-0.1, -0.05) is 14.4 Å². The molecule has 3 nitrogen and oxygen atoms in total. The maximum atomic E-state index is 12.3. The predicted octanol–water partition coefficient (Wildman–Crippen LogP) is 2.81. The zero-order valence-corrected chi connectivity index (χ0v) is 8.12. The first kappa shape index (κ1) is 13.2. The molecule has 0 aliphatic carbocycles. The van der Waals surface area contributed by atoms with E-state index in [1.54, 1.807) is 4.90 Å². The van der Waals surface area contributed by atoms with E-state index in [0.29, 0.717) is 19.0 Å². The lowest BCUT2D eigenvalue weighted by Gasteiger charge is -2.29. The Morgan fingerprint density at radius 3 is 2.43 bits per heavy atom. The van der Waals surface area contributed by atoms with Crippen LogP contribution in [0, 0.1) is 5.92 Å². The molecule has 1 unspecified atom stereocenters. The second kappa shape index (κ2) is 5.83. The van der Waals surface area contributed by atoms with E-state index in [4.69, 9.17) is 0 Å². The smallest absolute Gasteiger partial charge is 0.412 e. The highest BCUT2D eigenvalue weighted by Gasteiger charge is 2.22. The number of hydrogen-bond donors (Lipinski definition) is 0. The van der Waals surface area contributed by atoms with Gasteiger partial charge in [-0.05, 0) is 18.8 Å². The largest absolute Gasteiger partial charge is 0.415 e. The minimum Gasteiger partial charge on any atom is -0.415 e. The lowest BCUT2D eigenvalue weighted by atomic mass is 10.00. The van der Waals surface area contributed by atoms with E-state index in [-0.39, 0.29) is 7.43 Å². The molecule has 4 heteroatoms. The number of halogens is 1. The topological polar surface area (TPSA) is 29.5 Å². The zero-order valence-electron chi connectivity index (χ0n) is 8.12. The van der Waals surface area contributed by atoms with Gasteiger partial charge in [0.15, 0.2) is 0 Å². The van der Waals surface area contributed by atoms with E-state index in [1.165, 1.54) is 6.92 Å². The summed E-state index contributed by atoms with van der Waals surface area (Å²) in [6.07, 6.45) is -0.0697. The number of carbonyl (C=O) groups is 1. The molecule has 0 radical (unpaired) electrons. The van der Waals surface area contributed by atoms with Crippen molar-refractivity contribution in [3.05, 3.63) is 0 Å². The molecule has 0 saturated carbocycles. The molecular formula is C10H20FNO2. The number of hydrogen-bond acceptors (Lipinski definition) is 2. The summed E-state index contributed by atoms with van der Waals surface area (Å²) in [6, 6.07) is 0. The minimum atomic E-state index is -1.51. The van der Waals surface area contributed by atoms with Crippen LogP contribution in [0.15, 0.2) is 0 Å². The third kappa shape index (κ3) is 3.94. The average molecular weight is 205 g/mol. The Kier molecular flexibility index (Phi) is 5.50. The number of ether oxygens (including phenoxy) is 1. The molecule has 84 valence electrons. The van der Waals surface area contributed by atoms with E-state index in [1.807, 2.05) is 0 Å². The summed E-state index contributed by atoms with van der Waals surface area (Å²) in [6.45, 7) is 4.74. The van der Waals surface area contributed by atoms with Crippen molar-refractivity contribution in [3.63, 3.8) is 0 Å². The molecule has 1 aliphatic rings. The highest BCUT2D eigenvalue weighted by atomic mass is 19.1. The van der Waals surface area contributed by atoms with Crippen LogP contribution in [0.4, 0.5) is 9.18 Å². The van der Waals surface area contributed by atoms with Crippen LogP contribution in [-0.2, 0) is 4.74 Å². The van der Waals surface area contributed by atoms with Gasteiger partial charge in [-0.2, -0.15) is 0 Å². The molecule has 0 spiro atoms. The molecular weight excluding hydrogens is 185 g/mol. The summed E-state index contributed by atoms with van der Waals surface area (Å²) in [5.74, 6) is 0.659. The van der Waals surface area contributed by atoms with Gasteiger partial charge in [-0.25, -0.2) is 9.18 Å². The maximum Gasteiger partial charge on any atom is 0.412 e. The lowest BCUT2D eigenvalue weighted by molar-refractivity contribution is 0.00142. The Morgan fingerprint density at radius 1 is 1.50 bits per heavy atom. The monoisotopic (exact) mass is 205 g/mol. The Hall–Kier alpha value is -0.800. The lowest BCUT2D eigenvalue weighted by Crippen LogP contribution is -2.39. The fourth-order valence-corrected chi connectivity index (χ4v) is 1.40. The Bertz CT molecular complexity index is 177. The van der Waals surface area contributed by atoms with Crippen molar-refractivity contribution in [2.24, 2.45) is 5.92 Å². The molecule has 1 heterocycles. The van der Waals surface area contributed by atoms with Gasteiger partial charge in [0.05, 0.1) is 0 Å². The van der Waals surface area contributed by atoms with E-state index >= 15 is 0 Å². The van der Waals surface area contributed by atoms with Crippen molar-refractivity contribution in [1.82, 2.24) is 4.90 Å². The molecule has 0 aromatic heterocycles. The van der Waals surface area contributed by atoms with Crippen molar-refractivity contribution in [2.45, 2.75) is 40.5 Å². The highest BCUT2D eigenvalue weighted by Crippen LogP contribution is 2.16. The van der Waals surface area contributed by atoms with Crippen molar-refractivity contribution >= 4 is 6.09 Å².